The van der Waals surface area contributed by atoms with E-state index in [1.807, 2.05) is 31.9 Å². The Hall–Kier alpha value is -1.32. The molecule has 0 aliphatic rings. The lowest BCUT2D eigenvalue weighted by Gasteiger charge is -2.23. The summed E-state index contributed by atoms with van der Waals surface area (Å²) in [6.07, 6.45) is 1.96. The van der Waals surface area contributed by atoms with Gasteiger partial charge in [0, 0.05) is 24.4 Å². The SMILES string of the molecule is CCN(CC)c1nc(NN)nc(NC(C)C(CO)SC)n1. The van der Waals surface area contributed by atoms with Crippen LogP contribution in [0.15, 0.2) is 0 Å². The zero-order valence-corrected chi connectivity index (χ0v) is 13.8. The summed E-state index contributed by atoms with van der Waals surface area (Å²) in [4.78, 5) is 14.9. The Morgan fingerprint density at radius 2 is 1.86 bits per heavy atom. The molecule has 0 bridgehead atoms. The van der Waals surface area contributed by atoms with E-state index in [9.17, 15) is 5.11 Å². The average Bonchev–Trinajstić information content (AvgIpc) is 2.49. The number of aromatic nitrogens is 3. The number of hydrogen-bond acceptors (Lipinski definition) is 9. The maximum absolute atomic E-state index is 9.34. The normalized spacial score (nSPS) is 13.6. The molecule has 0 saturated heterocycles. The van der Waals surface area contributed by atoms with Crippen LogP contribution in [0.5, 0.6) is 0 Å². The molecule has 0 aliphatic carbocycles. The van der Waals surface area contributed by atoms with E-state index in [1.165, 1.54) is 0 Å². The number of nitrogens with zero attached hydrogens (tertiary/aromatic N) is 4. The Bertz CT molecular complexity index is 426. The topological polar surface area (TPSA) is 112 Å². The summed E-state index contributed by atoms with van der Waals surface area (Å²) in [7, 11) is 0. The van der Waals surface area contributed by atoms with Crippen molar-refractivity contribution in [3.63, 3.8) is 0 Å². The van der Waals surface area contributed by atoms with E-state index in [0.717, 1.165) is 13.1 Å². The van der Waals surface area contributed by atoms with Gasteiger partial charge in [0.2, 0.25) is 17.8 Å². The number of nitrogen functional groups attached to an aromatic ring is 1. The molecule has 0 fully saturated rings. The molecule has 0 radical (unpaired) electrons. The molecular weight excluding hydrogens is 290 g/mol. The van der Waals surface area contributed by atoms with Crippen LogP contribution in [0.4, 0.5) is 17.8 Å². The van der Waals surface area contributed by atoms with Crippen LogP contribution in [0, 0.1) is 0 Å². The number of hydrogen-bond donors (Lipinski definition) is 4. The minimum atomic E-state index is 0.0163. The molecule has 0 amide bonds. The van der Waals surface area contributed by atoms with Crippen molar-refractivity contribution in [2.75, 3.05) is 41.6 Å². The van der Waals surface area contributed by atoms with E-state index in [1.54, 1.807) is 11.8 Å². The van der Waals surface area contributed by atoms with E-state index in [0.29, 0.717) is 17.8 Å². The smallest absolute Gasteiger partial charge is 0.243 e. The molecule has 0 saturated carbocycles. The van der Waals surface area contributed by atoms with E-state index in [4.69, 9.17) is 5.84 Å². The Kier molecular flexibility index (Phi) is 7.48. The van der Waals surface area contributed by atoms with Crippen LogP contribution in [0.2, 0.25) is 0 Å². The maximum atomic E-state index is 9.34. The number of thioether (sulfide) groups is 1. The number of rotatable bonds is 9. The molecule has 8 nitrogen and oxygen atoms in total. The highest BCUT2D eigenvalue weighted by Gasteiger charge is 2.18. The van der Waals surface area contributed by atoms with Crippen LogP contribution >= 0.6 is 11.8 Å². The van der Waals surface area contributed by atoms with Gasteiger partial charge in [0.25, 0.3) is 0 Å². The minimum Gasteiger partial charge on any atom is -0.395 e. The van der Waals surface area contributed by atoms with E-state index >= 15 is 0 Å². The first kappa shape index (κ1) is 17.7. The highest BCUT2D eigenvalue weighted by molar-refractivity contribution is 7.99. The molecular formula is C12H25N7OS. The molecule has 0 aliphatic heterocycles. The van der Waals surface area contributed by atoms with Crippen LogP contribution in [-0.2, 0) is 0 Å². The quantitative estimate of drug-likeness (QED) is 0.383. The second-order valence-electron chi connectivity index (χ2n) is 4.49. The highest BCUT2D eigenvalue weighted by Crippen LogP contribution is 2.17. The van der Waals surface area contributed by atoms with Crippen molar-refractivity contribution < 1.29 is 5.11 Å². The van der Waals surface area contributed by atoms with Crippen LogP contribution in [0.3, 0.4) is 0 Å². The van der Waals surface area contributed by atoms with Crippen molar-refractivity contribution in [2.45, 2.75) is 32.1 Å². The maximum Gasteiger partial charge on any atom is 0.243 e. The van der Waals surface area contributed by atoms with Gasteiger partial charge in [-0.25, -0.2) is 5.84 Å². The summed E-state index contributed by atoms with van der Waals surface area (Å²) in [5.41, 5.74) is 2.46. The Balaban J connectivity index is 2.98. The molecule has 120 valence electrons. The Labute approximate surface area is 129 Å². The number of aliphatic hydroxyl groups is 1. The molecule has 0 aromatic carbocycles. The first-order valence-corrected chi connectivity index (χ1v) is 8.26. The lowest BCUT2D eigenvalue weighted by atomic mass is 10.2. The van der Waals surface area contributed by atoms with Crippen molar-refractivity contribution in [1.82, 2.24) is 15.0 Å². The monoisotopic (exact) mass is 315 g/mol. The summed E-state index contributed by atoms with van der Waals surface area (Å²) in [6.45, 7) is 7.73. The van der Waals surface area contributed by atoms with Gasteiger partial charge in [0.15, 0.2) is 0 Å². The summed E-state index contributed by atoms with van der Waals surface area (Å²) in [6, 6.07) is 0.0163. The van der Waals surface area contributed by atoms with Crippen molar-refractivity contribution in [3.8, 4) is 0 Å². The van der Waals surface area contributed by atoms with E-state index < -0.39 is 0 Å². The molecule has 5 N–H and O–H groups in total. The molecule has 1 rings (SSSR count). The largest absolute Gasteiger partial charge is 0.395 e. The minimum absolute atomic E-state index is 0.0163. The number of nitrogens with two attached hydrogens (primary N) is 1. The second-order valence-corrected chi connectivity index (χ2v) is 5.57. The fourth-order valence-electron chi connectivity index (χ4n) is 1.88. The number of anilines is 3. The average molecular weight is 315 g/mol. The molecule has 21 heavy (non-hydrogen) atoms. The lowest BCUT2D eigenvalue weighted by Crippen LogP contribution is -2.32. The van der Waals surface area contributed by atoms with E-state index in [2.05, 4.69) is 25.7 Å². The van der Waals surface area contributed by atoms with Gasteiger partial charge in [-0.1, -0.05) is 0 Å². The molecule has 1 aromatic heterocycles. The first-order valence-electron chi connectivity index (χ1n) is 6.97. The second kappa shape index (κ2) is 8.85. The van der Waals surface area contributed by atoms with Crippen molar-refractivity contribution in [2.24, 2.45) is 5.84 Å². The number of nitrogens with one attached hydrogen (secondary N) is 2. The third kappa shape index (κ3) is 4.87. The highest BCUT2D eigenvalue weighted by atomic mass is 32.2. The predicted molar refractivity (Wildman–Crippen MR) is 88.7 cm³/mol. The van der Waals surface area contributed by atoms with Crippen LogP contribution in [0.25, 0.3) is 0 Å². The predicted octanol–water partition coefficient (Wildman–Crippen LogP) is 0.528. The summed E-state index contributed by atoms with van der Waals surface area (Å²) in [5, 5.41) is 12.6. The van der Waals surface area contributed by atoms with Crippen molar-refractivity contribution in [3.05, 3.63) is 0 Å². The molecule has 2 unspecified atom stereocenters. The van der Waals surface area contributed by atoms with Gasteiger partial charge in [0.1, 0.15) is 0 Å². The first-order chi connectivity index (χ1) is 10.1. The van der Waals surface area contributed by atoms with Gasteiger partial charge in [-0.2, -0.15) is 26.7 Å². The number of hydrazine groups is 1. The molecule has 1 aromatic rings. The molecule has 0 spiro atoms. The third-order valence-corrected chi connectivity index (χ3v) is 4.36. The van der Waals surface area contributed by atoms with Crippen LogP contribution in [0.1, 0.15) is 20.8 Å². The van der Waals surface area contributed by atoms with Gasteiger partial charge in [-0.3, -0.25) is 5.43 Å². The van der Waals surface area contributed by atoms with Crippen molar-refractivity contribution in [1.29, 1.82) is 0 Å². The molecule has 1 heterocycles. The van der Waals surface area contributed by atoms with Gasteiger partial charge in [-0.05, 0) is 27.0 Å². The third-order valence-electron chi connectivity index (χ3n) is 3.20. The van der Waals surface area contributed by atoms with Crippen LogP contribution in [-0.4, -0.2) is 57.3 Å². The zero-order valence-electron chi connectivity index (χ0n) is 13.0. The lowest BCUT2D eigenvalue weighted by molar-refractivity contribution is 0.288. The standard InChI is InChI=1S/C12H25N7OS/c1-5-19(6-2)12-16-10(15-11(17-12)18-13)14-8(3)9(7-20)21-4/h8-9,20H,5-7,13H2,1-4H3,(H2,14,15,16,17,18). The summed E-state index contributed by atoms with van der Waals surface area (Å²) < 4.78 is 0. The molecule has 2 atom stereocenters. The number of aliphatic hydroxyl groups excluding tert-OH is 1. The summed E-state index contributed by atoms with van der Waals surface area (Å²) in [5.74, 6) is 6.75. The van der Waals surface area contributed by atoms with Crippen molar-refractivity contribution >= 4 is 29.6 Å². The van der Waals surface area contributed by atoms with Gasteiger partial charge in [-0.15, -0.1) is 0 Å². The Morgan fingerprint density at radius 3 is 2.33 bits per heavy atom. The summed E-state index contributed by atoms with van der Waals surface area (Å²) >= 11 is 1.59. The van der Waals surface area contributed by atoms with Gasteiger partial charge >= 0.3 is 0 Å². The fourth-order valence-corrected chi connectivity index (χ4v) is 2.50. The Morgan fingerprint density at radius 1 is 1.24 bits per heavy atom. The molecule has 9 heteroatoms. The van der Waals surface area contributed by atoms with Gasteiger partial charge in [0.05, 0.1) is 6.61 Å². The van der Waals surface area contributed by atoms with Crippen LogP contribution < -0.4 is 21.5 Å². The van der Waals surface area contributed by atoms with Gasteiger partial charge < -0.3 is 15.3 Å². The fraction of sp³-hybridized carbons (Fsp3) is 0.750. The van der Waals surface area contributed by atoms with E-state index in [-0.39, 0.29) is 17.9 Å². The zero-order chi connectivity index (χ0) is 15.8.